The van der Waals surface area contributed by atoms with Crippen molar-refractivity contribution in [2.24, 2.45) is 0 Å². The van der Waals surface area contributed by atoms with Gasteiger partial charge in [0.1, 0.15) is 0 Å². The smallest absolute Gasteiger partial charge is 0.227 e. The van der Waals surface area contributed by atoms with Crippen LogP contribution in [-0.4, -0.2) is 47.9 Å². The Labute approximate surface area is 164 Å². The summed E-state index contributed by atoms with van der Waals surface area (Å²) in [5.74, 6) is 0.150. The molecule has 1 aromatic rings. The molecule has 2 fully saturated rings. The molecule has 0 bridgehead atoms. The normalized spacial score (nSPS) is 24.6. The minimum atomic E-state index is 0. The zero-order chi connectivity index (χ0) is 16.4. The van der Waals surface area contributed by atoms with Crippen LogP contribution in [0.3, 0.4) is 0 Å². The van der Waals surface area contributed by atoms with Gasteiger partial charge in [0.15, 0.2) is 0 Å². The van der Waals surface area contributed by atoms with E-state index in [1.54, 1.807) is 0 Å². The highest BCUT2D eigenvalue weighted by Crippen LogP contribution is 2.33. The number of likely N-dealkylation sites (N-methyl/N-ethyl adjacent to an activating group) is 1. The van der Waals surface area contributed by atoms with Crippen molar-refractivity contribution < 1.29 is 4.79 Å². The molecule has 0 radical (unpaired) electrons. The molecule has 1 aromatic heterocycles. The van der Waals surface area contributed by atoms with Crippen molar-refractivity contribution in [3.8, 4) is 0 Å². The predicted octanol–water partition coefficient (Wildman–Crippen LogP) is 4.88. The Balaban J connectivity index is 0.00000208. The minimum Gasteiger partial charge on any atom is -0.341 e. The SMILES string of the molecule is CN(C(=O)Cc1cc(Cl)sc1Cl)C1CCCCC1N1CCCC1.Cl. The summed E-state index contributed by atoms with van der Waals surface area (Å²) in [7, 11) is 1.96. The highest BCUT2D eigenvalue weighted by Gasteiger charge is 2.35. The molecule has 1 saturated heterocycles. The first-order valence-electron chi connectivity index (χ1n) is 8.49. The van der Waals surface area contributed by atoms with Crippen LogP contribution in [0.1, 0.15) is 44.1 Å². The molecule has 136 valence electrons. The average Bonchev–Trinajstić information content (AvgIpc) is 3.17. The van der Waals surface area contributed by atoms with Crippen LogP contribution < -0.4 is 0 Å². The lowest BCUT2D eigenvalue weighted by molar-refractivity contribution is -0.133. The second-order valence-corrected chi connectivity index (χ2v) is 8.98. The van der Waals surface area contributed by atoms with Crippen LogP contribution in [-0.2, 0) is 11.2 Å². The van der Waals surface area contributed by atoms with Crippen LogP contribution in [0.4, 0.5) is 0 Å². The molecular weight excluding hydrogens is 387 g/mol. The fraction of sp³-hybridized carbons (Fsp3) is 0.706. The molecule has 3 rings (SSSR count). The Morgan fingerprint density at radius 1 is 1.25 bits per heavy atom. The van der Waals surface area contributed by atoms with E-state index < -0.39 is 0 Å². The van der Waals surface area contributed by atoms with E-state index >= 15 is 0 Å². The first kappa shape index (κ1) is 20.3. The number of amides is 1. The van der Waals surface area contributed by atoms with Gasteiger partial charge in [-0.15, -0.1) is 23.7 Å². The quantitative estimate of drug-likeness (QED) is 0.704. The highest BCUT2D eigenvalue weighted by atomic mass is 35.5. The molecule has 7 heteroatoms. The van der Waals surface area contributed by atoms with Gasteiger partial charge in [0.05, 0.1) is 15.1 Å². The summed E-state index contributed by atoms with van der Waals surface area (Å²) in [4.78, 5) is 17.3. The lowest BCUT2D eigenvalue weighted by Gasteiger charge is -2.42. The summed E-state index contributed by atoms with van der Waals surface area (Å²) in [5.41, 5.74) is 0.854. The van der Waals surface area contributed by atoms with E-state index in [0.29, 0.717) is 27.2 Å². The first-order valence-corrected chi connectivity index (χ1v) is 10.1. The van der Waals surface area contributed by atoms with Gasteiger partial charge in [-0.2, -0.15) is 0 Å². The fourth-order valence-electron chi connectivity index (χ4n) is 4.01. The maximum absolute atomic E-state index is 12.7. The Kier molecular flexibility index (Phi) is 7.69. The Hall–Kier alpha value is -0.000000000000000167. The van der Waals surface area contributed by atoms with Gasteiger partial charge in [-0.1, -0.05) is 36.0 Å². The number of hydrogen-bond donors (Lipinski definition) is 0. The van der Waals surface area contributed by atoms with Gasteiger partial charge in [0.25, 0.3) is 0 Å². The van der Waals surface area contributed by atoms with E-state index in [0.717, 1.165) is 12.0 Å². The topological polar surface area (TPSA) is 23.6 Å². The molecule has 2 atom stereocenters. The second kappa shape index (κ2) is 9.09. The molecule has 2 heterocycles. The van der Waals surface area contributed by atoms with Crippen molar-refractivity contribution in [1.82, 2.24) is 9.80 Å². The standard InChI is InChI=1S/C17H24Cl2N2OS.ClH/c1-20(16(22)11-12-10-15(18)23-17(12)19)13-6-2-3-7-14(13)21-8-4-5-9-21;/h10,13-14H,2-9,11H2,1H3;1H. The van der Waals surface area contributed by atoms with E-state index in [4.69, 9.17) is 23.2 Å². The Morgan fingerprint density at radius 3 is 2.54 bits per heavy atom. The molecule has 3 nitrogen and oxygen atoms in total. The number of thiophene rings is 1. The Bertz CT molecular complexity index is 560. The van der Waals surface area contributed by atoms with Gasteiger partial charge in [-0.25, -0.2) is 0 Å². The average molecular weight is 412 g/mol. The third kappa shape index (κ3) is 4.59. The van der Waals surface area contributed by atoms with Gasteiger partial charge >= 0.3 is 0 Å². The monoisotopic (exact) mass is 410 g/mol. The number of hydrogen-bond acceptors (Lipinski definition) is 3. The van der Waals surface area contributed by atoms with Crippen molar-refractivity contribution in [1.29, 1.82) is 0 Å². The summed E-state index contributed by atoms with van der Waals surface area (Å²) in [6.45, 7) is 2.38. The number of likely N-dealkylation sites (tertiary alicyclic amines) is 1. The number of carbonyl (C=O) groups is 1. The van der Waals surface area contributed by atoms with Crippen LogP contribution in [0.2, 0.25) is 8.67 Å². The molecule has 24 heavy (non-hydrogen) atoms. The minimum absolute atomic E-state index is 0. The fourth-order valence-corrected chi connectivity index (χ4v) is 5.50. The lowest BCUT2D eigenvalue weighted by atomic mass is 9.88. The molecule has 1 amide bonds. The van der Waals surface area contributed by atoms with E-state index in [-0.39, 0.29) is 18.3 Å². The third-order valence-corrected chi connectivity index (χ3v) is 6.83. The van der Waals surface area contributed by atoms with Gasteiger partial charge in [0, 0.05) is 19.1 Å². The summed E-state index contributed by atoms with van der Waals surface area (Å²) in [6, 6.07) is 2.68. The zero-order valence-corrected chi connectivity index (χ0v) is 17.1. The number of nitrogens with zero attached hydrogens (tertiary/aromatic N) is 2. The van der Waals surface area contributed by atoms with Gasteiger partial charge in [0.2, 0.25) is 5.91 Å². The van der Waals surface area contributed by atoms with Crippen molar-refractivity contribution >= 4 is 52.9 Å². The molecule has 0 aromatic carbocycles. The van der Waals surface area contributed by atoms with Crippen molar-refractivity contribution in [2.45, 2.75) is 57.0 Å². The number of rotatable bonds is 4. The number of halogens is 3. The van der Waals surface area contributed by atoms with E-state index in [1.165, 1.54) is 56.5 Å². The van der Waals surface area contributed by atoms with Crippen molar-refractivity contribution in [3.05, 3.63) is 20.3 Å². The Morgan fingerprint density at radius 2 is 1.92 bits per heavy atom. The van der Waals surface area contributed by atoms with Crippen molar-refractivity contribution in [2.75, 3.05) is 20.1 Å². The molecule has 1 saturated carbocycles. The summed E-state index contributed by atoms with van der Waals surface area (Å²) >= 11 is 13.5. The first-order chi connectivity index (χ1) is 11.1. The van der Waals surface area contributed by atoms with Crippen LogP contribution in [0.15, 0.2) is 6.07 Å². The third-order valence-electron chi connectivity index (χ3n) is 5.26. The maximum atomic E-state index is 12.7. The summed E-state index contributed by atoms with van der Waals surface area (Å²) < 4.78 is 1.28. The van der Waals surface area contributed by atoms with Gasteiger partial charge in [-0.05, 0) is 50.4 Å². The maximum Gasteiger partial charge on any atom is 0.227 e. The lowest BCUT2D eigenvalue weighted by Crippen LogP contribution is -2.53. The molecule has 2 aliphatic rings. The second-order valence-electron chi connectivity index (χ2n) is 6.69. The van der Waals surface area contributed by atoms with Crippen molar-refractivity contribution in [3.63, 3.8) is 0 Å². The molecule has 2 unspecified atom stereocenters. The predicted molar refractivity (Wildman–Crippen MR) is 105 cm³/mol. The molecular formula is C17H25Cl3N2OS. The molecule has 0 N–H and O–H groups in total. The zero-order valence-electron chi connectivity index (χ0n) is 14.0. The van der Waals surface area contributed by atoms with Crippen LogP contribution in [0.25, 0.3) is 0 Å². The molecule has 1 aliphatic heterocycles. The molecule has 0 spiro atoms. The van der Waals surface area contributed by atoms with Crippen LogP contribution in [0.5, 0.6) is 0 Å². The highest BCUT2D eigenvalue weighted by molar-refractivity contribution is 7.20. The van der Waals surface area contributed by atoms with E-state index in [9.17, 15) is 4.79 Å². The van der Waals surface area contributed by atoms with E-state index in [1.807, 2.05) is 18.0 Å². The van der Waals surface area contributed by atoms with Crippen LogP contribution in [0, 0.1) is 0 Å². The number of carbonyl (C=O) groups excluding carboxylic acids is 1. The van der Waals surface area contributed by atoms with E-state index in [2.05, 4.69) is 4.90 Å². The van der Waals surface area contributed by atoms with Gasteiger partial charge in [-0.3, -0.25) is 9.69 Å². The van der Waals surface area contributed by atoms with Gasteiger partial charge < -0.3 is 4.90 Å². The van der Waals surface area contributed by atoms with Crippen LogP contribution >= 0.6 is 46.9 Å². The largest absolute Gasteiger partial charge is 0.341 e. The molecule has 1 aliphatic carbocycles. The summed E-state index contributed by atoms with van der Waals surface area (Å²) in [6.07, 6.45) is 7.77. The summed E-state index contributed by atoms with van der Waals surface area (Å²) in [5, 5.41) is 0.